The van der Waals surface area contributed by atoms with E-state index in [1.165, 1.54) is 18.2 Å². The highest BCUT2D eigenvalue weighted by Crippen LogP contribution is 2.40. The molecule has 0 unspecified atom stereocenters. The van der Waals surface area contributed by atoms with Crippen LogP contribution in [0.1, 0.15) is 65.7 Å². The van der Waals surface area contributed by atoms with E-state index in [1.807, 2.05) is 6.92 Å². The van der Waals surface area contributed by atoms with Crippen LogP contribution in [0.3, 0.4) is 0 Å². The molecule has 19 nitrogen and oxygen atoms in total. The van der Waals surface area contributed by atoms with Gasteiger partial charge in [-0.3, -0.25) is 19.5 Å². The predicted octanol–water partition coefficient (Wildman–Crippen LogP) is 0.359. The van der Waals surface area contributed by atoms with Gasteiger partial charge in [-0.05, 0) is 62.5 Å². The molecule has 0 spiro atoms. The lowest BCUT2D eigenvalue weighted by atomic mass is 9.84. The lowest BCUT2D eigenvalue weighted by Crippen LogP contribution is -2.55. The minimum atomic E-state index is -4.53. The van der Waals surface area contributed by atoms with Crippen molar-refractivity contribution in [3.05, 3.63) is 35.5 Å². The highest BCUT2D eigenvalue weighted by Gasteiger charge is 2.48. The summed E-state index contributed by atoms with van der Waals surface area (Å²) in [6.07, 6.45) is 0.882. The molecule has 1 aromatic carbocycles. The quantitative estimate of drug-likeness (QED) is 0.122. The molecule has 20 heteroatoms. The number of aliphatic hydroxyl groups excluding tert-OH is 1. The standard InChI is InChI=1S/C19H32N2O5.C12H10N2O10S/c1-4-8-14(19(25)26-5-2)20-12(3)17(22)21-15-10-7-6-9-13(15)11-16(21)18(23)24;15-7(11(16)17)8(12(18)19)23-9-10(14(20)24-13-9)25(21,22)6-4-2-1-3-5-6/h12-16,20H,4-11H2,1-3H3,(H,23,24);1-5,7-8,15H,(H,16,17)(H,18,19)/t12-,13-,14-,15-,16-;7-,8-/m01/s1. The van der Waals surface area contributed by atoms with Gasteiger partial charge in [0.2, 0.25) is 12.0 Å². The zero-order chi connectivity index (χ0) is 38.0. The van der Waals surface area contributed by atoms with E-state index in [1.54, 1.807) is 18.7 Å². The lowest BCUT2D eigenvalue weighted by Gasteiger charge is -2.35. The fraction of sp³-hybridized carbons (Fsp3) is 0.581. The fourth-order valence-corrected chi connectivity index (χ4v) is 7.40. The van der Waals surface area contributed by atoms with Crippen molar-refractivity contribution in [2.75, 3.05) is 6.61 Å². The Morgan fingerprint density at radius 3 is 2.29 bits per heavy atom. The molecule has 282 valence electrons. The highest BCUT2D eigenvalue weighted by atomic mass is 32.2. The molecular weight excluding hydrogens is 700 g/mol. The van der Waals surface area contributed by atoms with Crippen LogP contribution in [0.2, 0.25) is 0 Å². The number of aliphatic hydroxyl groups is 1. The number of esters is 1. The van der Waals surface area contributed by atoms with Crippen LogP contribution in [0, 0.1) is 11.1 Å². The Kier molecular flexibility index (Phi) is 14.3. The first-order valence-corrected chi connectivity index (χ1v) is 17.7. The molecule has 4 rings (SSSR count). The number of ether oxygens (including phenoxy) is 2. The third kappa shape index (κ3) is 9.70. The Labute approximate surface area is 292 Å². The normalized spacial score (nSPS) is 20.8. The highest BCUT2D eigenvalue weighted by molar-refractivity contribution is 7.91. The van der Waals surface area contributed by atoms with E-state index in [4.69, 9.17) is 14.9 Å². The third-order valence-electron chi connectivity index (χ3n) is 8.47. The molecule has 2 fully saturated rings. The summed E-state index contributed by atoms with van der Waals surface area (Å²) in [7, 11) is -4.53. The van der Waals surface area contributed by atoms with Crippen LogP contribution >= 0.6 is 0 Å². The minimum Gasteiger partial charge on any atom is -0.480 e. The van der Waals surface area contributed by atoms with Crippen molar-refractivity contribution >= 4 is 39.6 Å². The second kappa shape index (κ2) is 17.9. The Hall–Kier alpha value is -4.82. The van der Waals surface area contributed by atoms with Gasteiger partial charge in [0.15, 0.2) is 6.10 Å². The maximum atomic E-state index is 13.1. The number of nitrogens with zero attached hydrogens (tertiary/aromatic N) is 3. The number of nitrogens with one attached hydrogen (secondary N) is 1. The molecule has 7 atom stereocenters. The van der Waals surface area contributed by atoms with Crippen LogP contribution in [0.15, 0.2) is 44.9 Å². The first kappa shape index (κ1) is 40.6. The van der Waals surface area contributed by atoms with Crippen molar-refractivity contribution in [1.29, 1.82) is 0 Å². The zero-order valence-electron chi connectivity index (χ0n) is 28.1. The van der Waals surface area contributed by atoms with Gasteiger partial charge in [0.25, 0.3) is 9.84 Å². The van der Waals surface area contributed by atoms with Crippen molar-refractivity contribution in [2.45, 2.75) is 112 Å². The second-order valence-electron chi connectivity index (χ2n) is 11.9. The average Bonchev–Trinajstić information content (AvgIpc) is 3.67. The van der Waals surface area contributed by atoms with Crippen LogP contribution in [-0.2, 0) is 38.5 Å². The van der Waals surface area contributed by atoms with Gasteiger partial charge in [-0.2, -0.15) is 0 Å². The number of hydrogen-bond donors (Lipinski definition) is 5. The fourth-order valence-electron chi connectivity index (χ4n) is 6.12. The van der Waals surface area contributed by atoms with Gasteiger partial charge in [0.05, 0.1) is 22.7 Å². The van der Waals surface area contributed by atoms with Gasteiger partial charge in [-0.25, -0.2) is 22.8 Å². The average molecular weight is 743 g/mol. The van der Waals surface area contributed by atoms with E-state index in [0.29, 0.717) is 19.4 Å². The summed E-state index contributed by atoms with van der Waals surface area (Å²) in [5, 5.41) is 53.0. The van der Waals surface area contributed by atoms with Gasteiger partial charge in [-0.15, -0.1) is 0 Å². The number of likely N-dealkylation sites (tertiary alicyclic amines) is 1. The summed E-state index contributed by atoms with van der Waals surface area (Å²) in [5.74, 6) is -6.23. The van der Waals surface area contributed by atoms with E-state index >= 15 is 0 Å². The van der Waals surface area contributed by atoms with Crippen molar-refractivity contribution < 1.29 is 71.8 Å². The number of sulfone groups is 1. The Morgan fingerprint density at radius 1 is 1.08 bits per heavy atom. The Morgan fingerprint density at radius 2 is 1.73 bits per heavy atom. The van der Waals surface area contributed by atoms with E-state index < -0.39 is 73.9 Å². The molecule has 2 aliphatic rings. The maximum Gasteiger partial charge on any atom is 0.415 e. The van der Waals surface area contributed by atoms with E-state index in [0.717, 1.165) is 44.2 Å². The number of rotatable bonds is 15. The van der Waals surface area contributed by atoms with Gasteiger partial charge >= 0.3 is 34.8 Å². The number of aromatic nitrogens is 2. The van der Waals surface area contributed by atoms with Crippen LogP contribution in [0.25, 0.3) is 0 Å². The number of carboxylic acid groups (broad SMARTS) is 3. The molecule has 1 aliphatic heterocycles. The smallest absolute Gasteiger partial charge is 0.415 e. The molecule has 1 amide bonds. The second-order valence-corrected chi connectivity index (χ2v) is 13.8. The molecule has 2 heterocycles. The minimum absolute atomic E-state index is 0.00817. The van der Waals surface area contributed by atoms with Crippen LogP contribution in [-0.4, -0.2) is 112 Å². The van der Waals surface area contributed by atoms with Crippen molar-refractivity contribution in [3.8, 4) is 5.88 Å². The molecule has 5 N–H and O–H groups in total. The summed E-state index contributed by atoms with van der Waals surface area (Å²) in [6, 6.07) is 4.61. The summed E-state index contributed by atoms with van der Waals surface area (Å²) in [4.78, 5) is 59.4. The molecule has 0 radical (unpaired) electrons. The molecule has 1 aromatic heterocycles. The third-order valence-corrected chi connectivity index (χ3v) is 10.2. The van der Waals surface area contributed by atoms with Crippen LogP contribution in [0.4, 0.5) is 0 Å². The predicted molar refractivity (Wildman–Crippen MR) is 170 cm³/mol. The largest absolute Gasteiger partial charge is 0.480 e. The number of carboxylic acids is 3. The van der Waals surface area contributed by atoms with Gasteiger partial charge in [-0.1, -0.05) is 44.4 Å². The van der Waals surface area contributed by atoms with E-state index in [9.17, 15) is 47.8 Å². The summed E-state index contributed by atoms with van der Waals surface area (Å²) in [6.45, 7) is 5.72. The first-order valence-electron chi connectivity index (χ1n) is 16.2. The monoisotopic (exact) mass is 742 g/mol. The molecule has 1 saturated heterocycles. The topological polar surface area (TPSA) is 287 Å². The number of carbonyl (C=O) groups excluding carboxylic acids is 2. The van der Waals surface area contributed by atoms with Gasteiger partial charge < -0.3 is 40.0 Å². The number of benzene rings is 1. The van der Waals surface area contributed by atoms with Gasteiger partial charge in [0.1, 0.15) is 12.1 Å². The molecule has 1 aliphatic carbocycles. The molecular formula is C31H42N4O15S. The zero-order valence-corrected chi connectivity index (χ0v) is 28.9. The molecule has 2 aromatic rings. The SMILES string of the molecule is CCC[C@H](N[C@@H](C)C(=O)N1[C@H](C(=O)O)C[C@@H]2CCCC[C@@H]21)C(=O)OCC.O=C(O)[C@H](O)[C@@H](Oc1no[n+]([O-])c1S(=O)(=O)c1ccccc1)C(=O)O. The number of carbonyl (C=O) groups is 5. The van der Waals surface area contributed by atoms with Crippen LogP contribution in [0.5, 0.6) is 5.88 Å². The van der Waals surface area contributed by atoms with Crippen molar-refractivity contribution in [1.82, 2.24) is 15.4 Å². The van der Waals surface area contributed by atoms with E-state index in [2.05, 4.69) is 19.8 Å². The van der Waals surface area contributed by atoms with Crippen molar-refractivity contribution in [2.24, 2.45) is 5.92 Å². The van der Waals surface area contributed by atoms with Crippen LogP contribution < -0.4 is 15.0 Å². The summed E-state index contributed by atoms with van der Waals surface area (Å²) in [5.41, 5.74) is 0. The van der Waals surface area contributed by atoms with E-state index in [-0.39, 0.29) is 28.7 Å². The Balaban J connectivity index is 0.000000276. The van der Waals surface area contributed by atoms with Gasteiger partial charge in [0, 0.05) is 6.04 Å². The Bertz CT molecular complexity index is 1650. The number of amides is 1. The summed E-state index contributed by atoms with van der Waals surface area (Å²) < 4.78 is 38.7. The maximum absolute atomic E-state index is 13.1. The molecule has 0 bridgehead atoms. The number of fused-ring (bicyclic) bond motifs is 1. The lowest BCUT2D eigenvalue weighted by molar-refractivity contribution is -0.832. The summed E-state index contributed by atoms with van der Waals surface area (Å²) >= 11 is 0. The van der Waals surface area contributed by atoms with Crippen molar-refractivity contribution in [3.63, 3.8) is 0 Å². The molecule has 51 heavy (non-hydrogen) atoms. The molecule has 1 saturated carbocycles. The number of aliphatic carboxylic acids is 3. The number of hydrogen-bond acceptors (Lipinski definition) is 14. The first-order chi connectivity index (χ1) is 24.1.